The highest BCUT2D eigenvalue weighted by molar-refractivity contribution is 5.79. The van der Waals surface area contributed by atoms with Crippen LogP contribution in [-0.4, -0.2) is 37.3 Å². The number of fused-ring (bicyclic) bond motifs is 2. The predicted octanol–water partition coefficient (Wildman–Crippen LogP) is 2.56. The predicted molar refractivity (Wildman–Crippen MR) is 89.3 cm³/mol. The van der Waals surface area contributed by atoms with Gasteiger partial charge in [-0.3, -0.25) is 4.79 Å². The average Bonchev–Trinajstić information content (AvgIpc) is 3.12. The smallest absolute Gasteiger partial charge is 0.223 e. The van der Waals surface area contributed by atoms with Gasteiger partial charge < -0.3 is 14.9 Å². The fourth-order valence-electron chi connectivity index (χ4n) is 3.61. The summed E-state index contributed by atoms with van der Waals surface area (Å²) in [5.41, 5.74) is 3.94. The topological polar surface area (TPSA) is 77.7 Å². The average molecular weight is 321 g/mol. The maximum Gasteiger partial charge on any atom is 0.223 e. The van der Waals surface area contributed by atoms with Crippen molar-refractivity contribution < 1.29 is 4.79 Å². The Morgan fingerprint density at radius 2 is 2.17 bits per heavy atom. The first kappa shape index (κ1) is 13.8. The van der Waals surface area contributed by atoms with Crippen molar-refractivity contribution in [3.05, 3.63) is 47.8 Å². The quantitative estimate of drug-likeness (QED) is 0.778. The molecule has 1 atom stereocenters. The molecule has 0 unspecified atom stereocenters. The first-order chi connectivity index (χ1) is 11.8. The summed E-state index contributed by atoms with van der Waals surface area (Å²) in [6.07, 6.45) is 5.55. The van der Waals surface area contributed by atoms with E-state index in [1.807, 2.05) is 29.2 Å². The Morgan fingerprint density at radius 3 is 3.00 bits per heavy atom. The molecule has 1 saturated carbocycles. The molecule has 6 heteroatoms. The highest BCUT2D eigenvalue weighted by Gasteiger charge is 2.37. The van der Waals surface area contributed by atoms with Crippen LogP contribution >= 0.6 is 0 Å². The molecule has 2 aromatic heterocycles. The summed E-state index contributed by atoms with van der Waals surface area (Å²) in [6, 6.07) is 7.74. The minimum atomic E-state index is -0.223. The molecule has 2 N–H and O–H groups in total. The third-order valence-corrected chi connectivity index (χ3v) is 5.07. The number of para-hydroxylation sites is 2. The summed E-state index contributed by atoms with van der Waals surface area (Å²) in [5, 5.41) is 0. The fourth-order valence-corrected chi connectivity index (χ4v) is 3.61. The van der Waals surface area contributed by atoms with Crippen molar-refractivity contribution in [2.75, 3.05) is 6.54 Å². The molecule has 2 aliphatic rings. The number of aromatic amines is 2. The van der Waals surface area contributed by atoms with Crippen molar-refractivity contribution in [1.82, 2.24) is 24.8 Å². The van der Waals surface area contributed by atoms with Crippen LogP contribution in [0.4, 0.5) is 0 Å². The Kier molecular flexibility index (Phi) is 2.98. The SMILES string of the molecule is O=C(CC1CC1)N1CCc2[nH]cnc2[C@H]1c1nc2ccccc2[nH]1. The molecule has 24 heavy (non-hydrogen) atoms. The van der Waals surface area contributed by atoms with Crippen LogP contribution < -0.4 is 0 Å². The van der Waals surface area contributed by atoms with Crippen LogP contribution in [0.1, 0.15) is 42.5 Å². The van der Waals surface area contributed by atoms with Crippen LogP contribution in [0.25, 0.3) is 11.0 Å². The minimum Gasteiger partial charge on any atom is -0.348 e. The summed E-state index contributed by atoms with van der Waals surface area (Å²) in [6.45, 7) is 0.711. The molecule has 3 heterocycles. The Balaban J connectivity index is 1.58. The zero-order valence-corrected chi connectivity index (χ0v) is 13.3. The molecule has 6 nitrogen and oxygen atoms in total. The van der Waals surface area contributed by atoms with Crippen LogP contribution in [-0.2, 0) is 11.2 Å². The zero-order chi connectivity index (χ0) is 16.1. The largest absolute Gasteiger partial charge is 0.348 e. The van der Waals surface area contributed by atoms with E-state index >= 15 is 0 Å². The molecule has 0 saturated heterocycles. The molecule has 1 aromatic carbocycles. The first-order valence-electron chi connectivity index (χ1n) is 8.56. The molecule has 1 aliphatic heterocycles. The van der Waals surface area contributed by atoms with Gasteiger partial charge in [0, 0.05) is 25.1 Å². The highest BCUT2D eigenvalue weighted by atomic mass is 16.2. The Hall–Kier alpha value is -2.63. The van der Waals surface area contributed by atoms with E-state index in [4.69, 9.17) is 4.98 Å². The molecule has 5 rings (SSSR count). The van der Waals surface area contributed by atoms with E-state index in [0.29, 0.717) is 18.9 Å². The lowest BCUT2D eigenvalue weighted by Crippen LogP contribution is -2.41. The van der Waals surface area contributed by atoms with Crippen LogP contribution in [0.5, 0.6) is 0 Å². The van der Waals surface area contributed by atoms with Crippen LogP contribution in [0.15, 0.2) is 30.6 Å². The van der Waals surface area contributed by atoms with Crippen LogP contribution in [0, 0.1) is 5.92 Å². The Bertz CT molecular complexity index is 874. The minimum absolute atomic E-state index is 0.219. The lowest BCUT2D eigenvalue weighted by Gasteiger charge is -2.34. The molecule has 122 valence electrons. The van der Waals surface area contributed by atoms with E-state index in [0.717, 1.165) is 34.7 Å². The monoisotopic (exact) mass is 321 g/mol. The molecule has 0 bridgehead atoms. The first-order valence-corrected chi connectivity index (χ1v) is 8.56. The van der Waals surface area contributed by atoms with Gasteiger partial charge >= 0.3 is 0 Å². The molecule has 3 aromatic rings. The van der Waals surface area contributed by atoms with E-state index in [-0.39, 0.29) is 11.9 Å². The number of carbonyl (C=O) groups is 1. The molecular formula is C18H19N5O. The van der Waals surface area contributed by atoms with E-state index < -0.39 is 0 Å². The summed E-state index contributed by atoms with van der Waals surface area (Å²) < 4.78 is 0. The standard InChI is InChI=1S/C18H19N5O/c24-15(9-11-5-6-11)23-8-7-14-16(20-10-19-14)17(23)18-21-12-3-1-2-4-13(12)22-18/h1-4,10-11,17H,5-9H2,(H,19,20)(H,21,22)/t17-/m0/s1. The number of rotatable bonds is 3. The van der Waals surface area contributed by atoms with Gasteiger partial charge in [-0.2, -0.15) is 0 Å². The number of aromatic nitrogens is 4. The third-order valence-electron chi connectivity index (χ3n) is 5.07. The zero-order valence-electron chi connectivity index (χ0n) is 13.3. The number of benzene rings is 1. The van der Waals surface area contributed by atoms with Crippen molar-refractivity contribution in [1.29, 1.82) is 0 Å². The lowest BCUT2D eigenvalue weighted by molar-refractivity contribution is -0.133. The molecule has 0 radical (unpaired) electrons. The van der Waals surface area contributed by atoms with Gasteiger partial charge in [0.25, 0.3) is 0 Å². The van der Waals surface area contributed by atoms with Gasteiger partial charge in [-0.15, -0.1) is 0 Å². The molecule has 1 amide bonds. The van der Waals surface area contributed by atoms with E-state index in [1.165, 1.54) is 12.8 Å². The second kappa shape index (κ2) is 5.19. The number of nitrogens with zero attached hydrogens (tertiary/aromatic N) is 3. The summed E-state index contributed by atoms with van der Waals surface area (Å²) in [5.74, 6) is 1.60. The number of nitrogens with one attached hydrogen (secondary N) is 2. The van der Waals surface area contributed by atoms with Gasteiger partial charge in [-0.05, 0) is 30.9 Å². The van der Waals surface area contributed by atoms with Gasteiger partial charge in [-0.25, -0.2) is 9.97 Å². The number of H-pyrrole nitrogens is 2. The number of amides is 1. The second-order valence-corrected chi connectivity index (χ2v) is 6.79. The van der Waals surface area contributed by atoms with E-state index in [1.54, 1.807) is 6.33 Å². The van der Waals surface area contributed by atoms with Crippen LogP contribution in [0.3, 0.4) is 0 Å². The van der Waals surface area contributed by atoms with Gasteiger partial charge in [0.1, 0.15) is 11.9 Å². The maximum absolute atomic E-state index is 12.8. The normalized spacial score (nSPS) is 20.3. The van der Waals surface area contributed by atoms with E-state index in [2.05, 4.69) is 15.0 Å². The number of imidazole rings is 2. The van der Waals surface area contributed by atoms with Crippen molar-refractivity contribution >= 4 is 16.9 Å². The van der Waals surface area contributed by atoms with Crippen molar-refractivity contribution in [2.45, 2.75) is 31.7 Å². The number of hydrogen-bond donors (Lipinski definition) is 2. The fraction of sp³-hybridized carbons (Fsp3) is 0.389. The van der Waals surface area contributed by atoms with Crippen LogP contribution in [0.2, 0.25) is 0 Å². The second-order valence-electron chi connectivity index (χ2n) is 6.79. The van der Waals surface area contributed by atoms with Crippen molar-refractivity contribution in [2.24, 2.45) is 5.92 Å². The molecule has 1 fully saturated rings. The van der Waals surface area contributed by atoms with Crippen molar-refractivity contribution in [3.8, 4) is 0 Å². The molecule has 0 spiro atoms. The van der Waals surface area contributed by atoms with Gasteiger partial charge in [0.05, 0.1) is 23.1 Å². The maximum atomic E-state index is 12.8. The number of hydrogen-bond acceptors (Lipinski definition) is 3. The van der Waals surface area contributed by atoms with Gasteiger partial charge in [0.15, 0.2) is 0 Å². The molecular weight excluding hydrogens is 302 g/mol. The Morgan fingerprint density at radius 1 is 1.29 bits per heavy atom. The molecule has 1 aliphatic carbocycles. The number of carbonyl (C=O) groups excluding carboxylic acids is 1. The lowest BCUT2D eigenvalue weighted by atomic mass is 10.0. The van der Waals surface area contributed by atoms with Gasteiger partial charge in [-0.1, -0.05) is 12.1 Å². The highest BCUT2D eigenvalue weighted by Crippen LogP contribution is 2.37. The van der Waals surface area contributed by atoms with Crippen molar-refractivity contribution in [3.63, 3.8) is 0 Å². The summed E-state index contributed by atoms with van der Waals surface area (Å²) in [4.78, 5) is 30.6. The van der Waals surface area contributed by atoms with E-state index in [9.17, 15) is 4.79 Å². The summed E-state index contributed by atoms with van der Waals surface area (Å²) >= 11 is 0. The third kappa shape index (κ3) is 2.21. The Labute approximate surface area is 139 Å². The summed E-state index contributed by atoms with van der Waals surface area (Å²) in [7, 11) is 0. The van der Waals surface area contributed by atoms with Gasteiger partial charge in [0.2, 0.25) is 5.91 Å².